The molecule has 0 bridgehead atoms. The zero-order chi connectivity index (χ0) is 24.8. The fourth-order valence-corrected chi connectivity index (χ4v) is 4.40. The van der Waals surface area contributed by atoms with Crippen LogP contribution in [0.1, 0.15) is 60.7 Å². The first-order chi connectivity index (χ1) is 16.8. The number of amides is 1. The molecule has 0 saturated carbocycles. The molecule has 0 unspecified atom stereocenters. The van der Waals surface area contributed by atoms with E-state index in [1.165, 1.54) is 5.56 Å². The summed E-state index contributed by atoms with van der Waals surface area (Å²) < 4.78 is 16.9. The van der Waals surface area contributed by atoms with Crippen molar-refractivity contribution in [3.8, 4) is 5.75 Å². The largest absolute Gasteiger partial charge is 0.489 e. The van der Waals surface area contributed by atoms with E-state index in [-0.39, 0.29) is 11.9 Å². The predicted octanol–water partition coefficient (Wildman–Crippen LogP) is 4.18. The standard InChI is InChI=1S/C28H36N2O5/c1-28(2,3)35-26(31)8-5-13-30-19-24-23(27(30)32)6-4-7-25(24)34-20-22-11-9-21(10-12-22)18-29-14-16-33-17-15-29/h4,6-7,9-12H,5,8,13-20H2,1-3H3. The molecule has 0 atom stereocenters. The molecule has 188 valence electrons. The van der Waals surface area contributed by atoms with Crippen molar-refractivity contribution in [2.45, 2.75) is 58.9 Å². The van der Waals surface area contributed by atoms with Gasteiger partial charge in [-0.3, -0.25) is 14.5 Å². The molecule has 35 heavy (non-hydrogen) atoms. The molecule has 0 radical (unpaired) electrons. The van der Waals surface area contributed by atoms with Crippen molar-refractivity contribution in [3.63, 3.8) is 0 Å². The minimum absolute atomic E-state index is 0.0119. The van der Waals surface area contributed by atoms with Crippen molar-refractivity contribution >= 4 is 11.9 Å². The van der Waals surface area contributed by atoms with Gasteiger partial charge in [-0.1, -0.05) is 30.3 Å². The summed E-state index contributed by atoms with van der Waals surface area (Å²) in [6.07, 6.45) is 0.865. The molecule has 2 aromatic carbocycles. The van der Waals surface area contributed by atoms with Crippen LogP contribution in [0.5, 0.6) is 5.75 Å². The number of hydrogen-bond donors (Lipinski definition) is 0. The summed E-state index contributed by atoms with van der Waals surface area (Å²) in [5.41, 5.74) is 3.47. The van der Waals surface area contributed by atoms with E-state index in [0.29, 0.717) is 38.1 Å². The highest BCUT2D eigenvalue weighted by Gasteiger charge is 2.30. The Morgan fingerprint density at radius 3 is 2.46 bits per heavy atom. The maximum Gasteiger partial charge on any atom is 0.306 e. The van der Waals surface area contributed by atoms with E-state index < -0.39 is 5.60 Å². The maximum atomic E-state index is 12.9. The van der Waals surface area contributed by atoms with E-state index in [4.69, 9.17) is 14.2 Å². The molecule has 2 aliphatic rings. The van der Waals surface area contributed by atoms with Crippen molar-refractivity contribution in [2.75, 3.05) is 32.8 Å². The third-order valence-electron chi connectivity index (χ3n) is 6.16. The summed E-state index contributed by atoms with van der Waals surface area (Å²) in [5.74, 6) is 0.492. The van der Waals surface area contributed by atoms with Crippen LogP contribution in [0, 0.1) is 0 Å². The molecule has 0 aromatic heterocycles. The summed E-state index contributed by atoms with van der Waals surface area (Å²) in [4.78, 5) is 29.0. The Labute approximate surface area is 207 Å². The average molecular weight is 481 g/mol. The molecule has 4 rings (SSSR count). The number of benzene rings is 2. The number of hydrogen-bond acceptors (Lipinski definition) is 6. The molecular formula is C28H36N2O5. The Balaban J connectivity index is 1.29. The lowest BCUT2D eigenvalue weighted by Gasteiger charge is -2.26. The van der Waals surface area contributed by atoms with Crippen LogP contribution in [-0.4, -0.2) is 60.1 Å². The summed E-state index contributed by atoms with van der Waals surface area (Å²) >= 11 is 0. The Kier molecular flexibility index (Phi) is 8.08. The van der Waals surface area contributed by atoms with Crippen LogP contribution in [-0.2, 0) is 34.0 Å². The normalized spacial score (nSPS) is 16.3. The first-order valence-corrected chi connectivity index (χ1v) is 12.4. The summed E-state index contributed by atoms with van der Waals surface area (Å²) in [6, 6.07) is 14.1. The monoisotopic (exact) mass is 480 g/mol. The molecule has 2 aliphatic heterocycles. The van der Waals surface area contributed by atoms with Gasteiger partial charge >= 0.3 is 5.97 Å². The van der Waals surface area contributed by atoms with Gasteiger partial charge in [0, 0.05) is 43.7 Å². The molecule has 2 aromatic rings. The zero-order valence-electron chi connectivity index (χ0n) is 21.0. The van der Waals surface area contributed by atoms with Crippen LogP contribution in [0.15, 0.2) is 42.5 Å². The molecule has 0 spiro atoms. The van der Waals surface area contributed by atoms with Crippen LogP contribution in [0.4, 0.5) is 0 Å². The molecule has 1 amide bonds. The lowest BCUT2D eigenvalue weighted by atomic mass is 10.1. The Morgan fingerprint density at radius 1 is 1.03 bits per heavy atom. The number of fused-ring (bicyclic) bond motifs is 1. The number of morpholine rings is 1. The molecule has 0 aliphatic carbocycles. The highest BCUT2D eigenvalue weighted by atomic mass is 16.6. The Morgan fingerprint density at radius 2 is 1.74 bits per heavy atom. The molecule has 0 N–H and O–H groups in total. The van der Waals surface area contributed by atoms with Gasteiger partial charge in [0.2, 0.25) is 0 Å². The lowest BCUT2D eigenvalue weighted by Crippen LogP contribution is -2.35. The third-order valence-corrected chi connectivity index (χ3v) is 6.16. The Hall–Kier alpha value is -2.90. The van der Waals surface area contributed by atoms with Crippen molar-refractivity contribution in [2.24, 2.45) is 0 Å². The van der Waals surface area contributed by atoms with Crippen molar-refractivity contribution < 1.29 is 23.8 Å². The smallest absolute Gasteiger partial charge is 0.306 e. The molecule has 1 saturated heterocycles. The van der Waals surface area contributed by atoms with Crippen LogP contribution < -0.4 is 4.74 Å². The van der Waals surface area contributed by atoms with Crippen LogP contribution in [0.25, 0.3) is 0 Å². The van der Waals surface area contributed by atoms with Gasteiger partial charge in [0.25, 0.3) is 5.91 Å². The number of carbonyl (C=O) groups is 2. The number of nitrogens with zero attached hydrogens (tertiary/aromatic N) is 2. The molecule has 7 heteroatoms. The second kappa shape index (κ2) is 11.2. The lowest BCUT2D eigenvalue weighted by molar-refractivity contribution is -0.154. The van der Waals surface area contributed by atoms with Gasteiger partial charge in [-0.05, 0) is 50.5 Å². The van der Waals surface area contributed by atoms with E-state index in [2.05, 4.69) is 29.2 Å². The molecule has 7 nitrogen and oxygen atoms in total. The topological polar surface area (TPSA) is 68.3 Å². The summed E-state index contributed by atoms with van der Waals surface area (Å²) in [6.45, 7) is 11.5. The van der Waals surface area contributed by atoms with E-state index in [9.17, 15) is 9.59 Å². The number of esters is 1. The fourth-order valence-electron chi connectivity index (χ4n) is 4.40. The third kappa shape index (κ3) is 7.05. The quantitative estimate of drug-likeness (QED) is 0.502. The predicted molar refractivity (Wildman–Crippen MR) is 133 cm³/mol. The molecule has 2 heterocycles. The highest BCUT2D eigenvalue weighted by molar-refractivity contribution is 5.99. The average Bonchev–Trinajstić information content (AvgIpc) is 3.14. The number of rotatable bonds is 9. The first-order valence-electron chi connectivity index (χ1n) is 12.4. The second-order valence-electron chi connectivity index (χ2n) is 10.2. The van der Waals surface area contributed by atoms with Gasteiger partial charge in [-0.2, -0.15) is 0 Å². The van der Waals surface area contributed by atoms with E-state index in [0.717, 1.165) is 49.7 Å². The summed E-state index contributed by atoms with van der Waals surface area (Å²) in [5, 5.41) is 0. The zero-order valence-corrected chi connectivity index (χ0v) is 21.0. The van der Waals surface area contributed by atoms with Gasteiger partial charge in [0.15, 0.2) is 0 Å². The number of ether oxygens (including phenoxy) is 3. The minimum atomic E-state index is -0.494. The first kappa shape index (κ1) is 25.2. The molecule has 1 fully saturated rings. The van der Waals surface area contributed by atoms with Gasteiger partial charge in [-0.15, -0.1) is 0 Å². The van der Waals surface area contributed by atoms with Gasteiger partial charge in [-0.25, -0.2) is 0 Å². The van der Waals surface area contributed by atoms with E-state index in [1.807, 2.05) is 39.0 Å². The van der Waals surface area contributed by atoms with Crippen LogP contribution in [0.3, 0.4) is 0 Å². The van der Waals surface area contributed by atoms with Gasteiger partial charge < -0.3 is 19.1 Å². The van der Waals surface area contributed by atoms with E-state index >= 15 is 0 Å². The fraction of sp³-hybridized carbons (Fsp3) is 0.500. The maximum absolute atomic E-state index is 12.9. The van der Waals surface area contributed by atoms with Gasteiger partial charge in [0.05, 0.1) is 19.8 Å². The molecular weight excluding hydrogens is 444 g/mol. The second-order valence-corrected chi connectivity index (χ2v) is 10.2. The minimum Gasteiger partial charge on any atom is -0.489 e. The van der Waals surface area contributed by atoms with Crippen molar-refractivity contribution in [3.05, 3.63) is 64.7 Å². The summed E-state index contributed by atoms with van der Waals surface area (Å²) in [7, 11) is 0. The van der Waals surface area contributed by atoms with Crippen LogP contribution >= 0.6 is 0 Å². The SMILES string of the molecule is CC(C)(C)OC(=O)CCCN1Cc2c(OCc3ccc(CN4CCOCC4)cc3)cccc2C1=O. The van der Waals surface area contributed by atoms with Crippen molar-refractivity contribution in [1.29, 1.82) is 0 Å². The van der Waals surface area contributed by atoms with Crippen LogP contribution in [0.2, 0.25) is 0 Å². The van der Waals surface area contributed by atoms with Crippen molar-refractivity contribution in [1.82, 2.24) is 9.80 Å². The van der Waals surface area contributed by atoms with E-state index in [1.54, 1.807) is 4.90 Å². The Bertz CT molecular complexity index is 1020. The highest BCUT2D eigenvalue weighted by Crippen LogP contribution is 2.31. The van der Waals surface area contributed by atoms with Gasteiger partial charge in [0.1, 0.15) is 18.0 Å². The number of carbonyl (C=O) groups excluding carboxylic acids is 2.